The third kappa shape index (κ3) is 1.88. The van der Waals surface area contributed by atoms with Crippen molar-refractivity contribution in [3.63, 3.8) is 0 Å². The average Bonchev–Trinajstić information content (AvgIpc) is 2.58. The molecule has 16 heavy (non-hydrogen) atoms. The lowest BCUT2D eigenvalue weighted by Gasteiger charge is -2.00. The molecule has 0 saturated carbocycles. The van der Waals surface area contributed by atoms with Crippen molar-refractivity contribution in [3.8, 4) is 12.0 Å². The van der Waals surface area contributed by atoms with Crippen molar-refractivity contribution >= 4 is 11.6 Å². The number of halogens is 1. The molecule has 0 aliphatic rings. The smallest absolute Gasteiger partial charge is 0.216 e. The van der Waals surface area contributed by atoms with Crippen LogP contribution in [0.5, 0.6) is 0 Å². The van der Waals surface area contributed by atoms with E-state index in [0.717, 1.165) is 0 Å². The molecule has 0 aliphatic carbocycles. The van der Waals surface area contributed by atoms with Crippen LogP contribution in [0, 0.1) is 25.2 Å². The highest BCUT2D eigenvalue weighted by Crippen LogP contribution is 2.14. The minimum Gasteiger partial charge on any atom is -0.216 e. The Hall–Kier alpha value is -1.93. The molecule has 2 aromatic rings. The molecule has 2 heterocycles. The maximum atomic E-state index is 8.80. The van der Waals surface area contributed by atoms with Crippen molar-refractivity contribution in [2.45, 2.75) is 13.8 Å². The van der Waals surface area contributed by atoms with Crippen LogP contribution >= 0.6 is 11.6 Å². The molecule has 0 spiro atoms. The number of aryl methyl sites for hydroxylation is 2. The van der Waals surface area contributed by atoms with Crippen LogP contribution in [-0.2, 0) is 0 Å². The molecule has 2 rings (SSSR count). The summed E-state index contributed by atoms with van der Waals surface area (Å²) in [6.45, 7) is 3.59. The molecule has 0 bridgehead atoms. The number of nitriles is 1. The van der Waals surface area contributed by atoms with Crippen LogP contribution in [0.25, 0.3) is 5.95 Å². The van der Waals surface area contributed by atoms with Crippen molar-refractivity contribution in [1.82, 2.24) is 19.7 Å². The molecule has 0 atom stereocenters. The number of nitrogens with zero attached hydrogens (tertiary/aromatic N) is 5. The number of rotatable bonds is 1. The number of aromatic nitrogens is 4. The van der Waals surface area contributed by atoms with Crippen molar-refractivity contribution in [1.29, 1.82) is 5.26 Å². The van der Waals surface area contributed by atoms with Crippen molar-refractivity contribution in [2.24, 2.45) is 0 Å². The van der Waals surface area contributed by atoms with Gasteiger partial charge in [0.05, 0.1) is 16.9 Å². The summed E-state index contributed by atoms with van der Waals surface area (Å²) in [5, 5.41) is 13.5. The summed E-state index contributed by atoms with van der Waals surface area (Å²) < 4.78 is 1.46. The zero-order valence-electron chi connectivity index (χ0n) is 8.77. The predicted octanol–water partition coefficient (Wildman–Crippen LogP) is 1.80. The summed E-state index contributed by atoms with van der Waals surface area (Å²) in [5.41, 5.74) is 1.72. The Balaban J connectivity index is 2.56. The molecule has 5 nitrogen and oxygen atoms in total. The second-order valence-electron chi connectivity index (χ2n) is 3.31. The molecule has 0 aromatic carbocycles. The first-order chi connectivity index (χ1) is 7.60. The Morgan fingerprint density at radius 3 is 2.69 bits per heavy atom. The van der Waals surface area contributed by atoms with Gasteiger partial charge >= 0.3 is 0 Å². The molecule has 80 valence electrons. The predicted molar refractivity (Wildman–Crippen MR) is 58.4 cm³/mol. The summed E-state index contributed by atoms with van der Waals surface area (Å²) in [4.78, 5) is 8.23. The summed E-state index contributed by atoms with van der Waals surface area (Å²) in [5.74, 6) is 0.353. The Kier molecular flexibility index (Phi) is 2.59. The van der Waals surface area contributed by atoms with E-state index in [2.05, 4.69) is 15.1 Å². The molecule has 0 aliphatic heterocycles. The van der Waals surface area contributed by atoms with Gasteiger partial charge in [-0.2, -0.15) is 10.4 Å². The minimum atomic E-state index is 0.312. The summed E-state index contributed by atoms with van der Waals surface area (Å²) >= 11 is 5.89. The molecular weight excluding hydrogens is 226 g/mol. The normalized spacial score (nSPS) is 10.1. The Morgan fingerprint density at radius 1 is 1.38 bits per heavy atom. The topological polar surface area (TPSA) is 67.4 Å². The van der Waals surface area contributed by atoms with Gasteiger partial charge in [-0.05, 0) is 19.9 Å². The van der Waals surface area contributed by atoms with Crippen LogP contribution in [0.4, 0.5) is 0 Å². The second-order valence-corrected chi connectivity index (χ2v) is 3.72. The monoisotopic (exact) mass is 233 g/mol. The standard InChI is InChI=1S/C10H8ClN5/c1-6-3-8(4-12)14-10(13-6)16-5-9(11)7(2)15-16/h3,5H,1-2H3. The molecule has 0 saturated heterocycles. The highest BCUT2D eigenvalue weighted by molar-refractivity contribution is 6.31. The van der Waals surface area contributed by atoms with E-state index in [-0.39, 0.29) is 0 Å². The zero-order valence-corrected chi connectivity index (χ0v) is 9.52. The summed E-state index contributed by atoms with van der Waals surface area (Å²) in [6, 6.07) is 3.59. The number of hydrogen-bond acceptors (Lipinski definition) is 4. The van der Waals surface area contributed by atoms with E-state index in [1.807, 2.05) is 6.07 Å². The highest BCUT2D eigenvalue weighted by Gasteiger charge is 2.08. The molecule has 0 N–H and O–H groups in total. The first kappa shape index (κ1) is 10.6. The van der Waals surface area contributed by atoms with Crippen LogP contribution in [0.1, 0.15) is 17.1 Å². The van der Waals surface area contributed by atoms with E-state index in [0.29, 0.717) is 28.1 Å². The lowest BCUT2D eigenvalue weighted by molar-refractivity contribution is 0.788. The van der Waals surface area contributed by atoms with Crippen molar-refractivity contribution in [2.75, 3.05) is 0 Å². The first-order valence-corrected chi connectivity index (χ1v) is 4.96. The van der Waals surface area contributed by atoms with E-state index in [1.165, 1.54) is 4.68 Å². The van der Waals surface area contributed by atoms with E-state index >= 15 is 0 Å². The van der Waals surface area contributed by atoms with Gasteiger partial charge in [-0.25, -0.2) is 14.6 Å². The highest BCUT2D eigenvalue weighted by atomic mass is 35.5. The Morgan fingerprint density at radius 2 is 2.12 bits per heavy atom. The van der Waals surface area contributed by atoms with E-state index in [1.54, 1.807) is 26.1 Å². The van der Waals surface area contributed by atoms with Gasteiger partial charge in [-0.1, -0.05) is 11.6 Å². The summed E-state index contributed by atoms with van der Waals surface area (Å²) in [6.07, 6.45) is 1.62. The maximum absolute atomic E-state index is 8.80. The quantitative estimate of drug-likeness (QED) is 0.753. The molecule has 0 unspecified atom stereocenters. The SMILES string of the molecule is Cc1cc(C#N)nc(-n2cc(Cl)c(C)n2)n1. The lowest BCUT2D eigenvalue weighted by Crippen LogP contribution is -2.04. The zero-order chi connectivity index (χ0) is 11.7. The lowest BCUT2D eigenvalue weighted by atomic mass is 10.3. The van der Waals surface area contributed by atoms with Crippen LogP contribution in [-0.4, -0.2) is 19.7 Å². The van der Waals surface area contributed by atoms with Crippen molar-refractivity contribution < 1.29 is 0 Å². The first-order valence-electron chi connectivity index (χ1n) is 4.58. The van der Waals surface area contributed by atoms with Crippen molar-refractivity contribution in [3.05, 3.63) is 34.4 Å². The number of hydrogen-bond donors (Lipinski definition) is 0. The molecule has 0 fully saturated rings. The largest absolute Gasteiger partial charge is 0.252 e. The Labute approximate surface area is 97.3 Å². The minimum absolute atomic E-state index is 0.312. The third-order valence-corrected chi connectivity index (χ3v) is 2.37. The Bertz CT molecular complexity index is 562. The van der Waals surface area contributed by atoms with Crippen LogP contribution in [0.15, 0.2) is 12.3 Å². The average molecular weight is 234 g/mol. The second kappa shape index (κ2) is 3.91. The van der Waals surface area contributed by atoms with E-state index < -0.39 is 0 Å². The van der Waals surface area contributed by atoms with Gasteiger partial charge in [0, 0.05) is 5.69 Å². The van der Waals surface area contributed by atoms with E-state index in [4.69, 9.17) is 16.9 Å². The van der Waals surface area contributed by atoms with Crippen LogP contribution < -0.4 is 0 Å². The van der Waals surface area contributed by atoms with Gasteiger partial charge in [-0.15, -0.1) is 0 Å². The fourth-order valence-corrected chi connectivity index (χ4v) is 1.38. The maximum Gasteiger partial charge on any atom is 0.252 e. The fraction of sp³-hybridized carbons (Fsp3) is 0.200. The molecule has 0 amide bonds. The van der Waals surface area contributed by atoms with Gasteiger partial charge in [-0.3, -0.25) is 0 Å². The van der Waals surface area contributed by atoms with Gasteiger partial charge < -0.3 is 0 Å². The fourth-order valence-electron chi connectivity index (χ4n) is 1.25. The summed E-state index contributed by atoms with van der Waals surface area (Å²) in [7, 11) is 0. The van der Waals surface area contributed by atoms with Gasteiger partial charge in [0.2, 0.25) is 0 Å². The van der Waals surface area contributed by atoms with Gasteiger partial charge in [0.15, 0.2) is 0 Å². The molecular formula is C10H8ClN5. The molecule has 2 aromatic heterocycles. The van der Waals surface area contributed by atoms with Crippen LogP contribution in [0.2, 0.25) is 5.02 Å². The van der Waals surface area contributed by atoms with Crippen LogP contribution in [0.3, 0.4) is 0 Å². The molecule has 6 heteroatoms. The van der Waals surface area contributed by atoms with Gasteiger partial charge in [0.25, 0.3) is 5.95 Å². The third-order valence-electron chi connectivity index (χ3n) is 2.00. The van der Waals surface area contributed by atoms with Gasteiger partial charge in [0.1, 0.15) is 11.8 Å². The molecule has 0 radical (unpaired) electrons. The van der Waals surface area contributed by atoms with E-state index in [9.17, 15) is 0 Å².